The number of nitrogen functional groups attached to an aromatic ring is 1. The molecule has 0 saturated heterocycles. The van der Waals surface area contributed by atoms with Crippen molar-refractivity contribution in [1.82, 2.24) is 4.98 Å². The molecule has 0 aliphatic rings. The lowest BCUT2D eigenvalue weighted by Crippen LogP contribution is -2.11. The molecule has 66 valence electrons. The van der Waals surface area contributed by atoms with Crippen LogP contribution in [0.1, 0.15) is 30.6 Å². The Morgan fingerprint density at radius 1 is 1.50 bits per heavy atom. The zero-order valence-electron chi connectivity index (χ0n) is 7.54. The summed E-state index contributed by atoms with van der Waals surface area (Å²) in [6.45, 7) is 3.99. The lowest BCUT2D eigenvalue weighted by Gasteiger charge is -2.11. The SMILES string of the molecule is CC[C@H](N)c1ccc(N)nc1C. The molecule has 0 bridgehead atoms. The smallest absolute Gasteiger partial charge is 0.123 e. The van der Waals surface area contributed by atoms with Gasteiger partial charge in [0.2, 0.25) is 0 Å². The van der Waals surface area contributed by atoms with Gasteiger partial charge in [0.05, 0.1) is 0 Å². The van der Waals surface area contributed by atoms with E-state index in [1.165, 1.54) is 0 Å². The molecule has 1 aromatic heterocycles. The standard InChI is InChI=1S/C9H15N3/c1-3-8(10)7-4-5-9(11)12-6(7)2/h4-5,8H,3,10H2,1-2H3,(H2,11,12)/t8-/m0/s1. The number of hydrogen-bond acceptors (Lipinski definition) is 3. The maximum Gasteiger partial charge on any atom is 0.123 e. The summed E-state index contributed by atoms with van der Waals surface area (Å²) in [6.07, 6.45) is 0.923. The zero-order chi connectivity index (χ0) is 9.14. The van der Waals surface area contributed by atoms with Crippen LogP contribution in [0.5, 0.6) is 0 Å². The van der Waals surface area contributed by atoms with E-state index in [4.69, 9.17) is 11.5 Å². The Hall–Kier alpha value is -1.09. The summed E-state index contributed by atoms with van der Waals surface area (Å²) in [5.74, 6) is 0.555. The Morgan fingerprint density at radius 3 is 2.67 bits per heavy atom. The topological polar surface area (TPSA) is 64.9 Å². The summed E-state index contributed by atoms with van der Waals surface area (Å²) in [4.78, 5) is 4.14. The van der Waals surface area contributed by atoms with E-state index in [1.807, 2.05) is 13.0 Å². The summed E-state index contributed by atoms with van der Waals surface area (Å²) in [6, 6.07) is 3.82. The lowest BCUT2D eigenvalue weighted by molar-refractivity contribution is 0.689. The minimum absolute atomic E-state index is 0.0816. The van der Waals surface area contributed by atoms with Gasteiger partial charge < -0.3 is 11.5 Å². The van der Waals surface area contributed by atoms with Gasteiger partial charge in [-0.05, 0) is 25.0 Å². The Labute approximate surface area is 72.8 Å². The molecule has 1 heterocycles. The Morgan fingerprint density at radius 2 is 2.17 bits per heavy atom. The van der Waals surface area contributed by atoms with Crippen molar-refractivity contribution in [2.45, 2.75) is 26.3 Å². The number of anilines is 1. The van der Waals surface area contributed by atoms with E-state index >= 15 is 0 Å². The van der Waals surface area contributed by atoms with Crippen LogP contribution in [0.4, 0.5) is 5.82 Å². The average molecular weight is 165 g/mol. The number of aryl methyl sites for hydroxylation is 1. The number of nitrogens with zero attached hydrogens (tertiary/aromatic N) is 1. The summed E-state index contributed by atoms with van der Waals surface area (Å²) in [7, 11) is 0. The van der Waals surface area contributed by atoms with Crippen LogP contribution in [0.15, 0.2) is 12.1 Å². The molecule has 0 radical (unpaired) electrons. The van der Waals surface area contributed by atoms with Gasteiger partial charge in [-0.1, -0.05) is 13.0 Å². The Kier molecular flexibility index (Phi) is 2.65. The van der Waals surface area contributed by atoms with Crippen LogP contribution in [0.25, 0.3) is 0 Å². The van der Waals surface area contributed by atoms with Crippen LogP contribution in [-0.4, -0.2) is 4.98 Å². The quantitative estimate of drug-likeness (QED) is 0.695. The van der Waals surface area contributed by atoms with Crippen LogP contribution in [0.2, 0.25) is 0 Å². The second kappa shape index (κ2) is 3.54. The predicted octanol–water partition coefficient (Wildman–Crippen LogP) is 1.38. The van der Waals surface area contributed by atoms with Crippen molar-refractivity contribution in [3.8, 4) is 0 Å². The largest absolute Gasteiger partial charge is 0.384 e. The second-order valence-corrected chi connectivity index (χ2v) is 2.93. The van der Waals surface area contributed by atoms with E-state index in [1.54, 1.807) is 6.07 Å². The Bertz CT molecular complexity index is 270. The van der Waals surface area contributed by atoms with Gasteiger partial charge in [0.15, 0.2) is 0 Å². The van der Waals surface area contributed by atoms with Gasteiger partial charge in [-0.15, -0.1) is 0 Å². The van der Waals surface area contributed by atoms with E-state index in [0.717, 1.165) is 17.7 Å². The third-order valence-electron chi connectivity index (χ3n) is 1.99. The van der Waals surface area contributed by atoms with E-state index in [0.29, 0.717) is 5.82 Å². The molecule has 1 rings (SSSR count). The van der Waals surface area contributed by atoms with Gasteiger partial charge in [-0.3, -0.25) is 0 Å². The molecule has 0 unspecified atom stereocenters. The van der Waals surface area contributed by atoms with Crippen molar-refractivity contribution >= 4 is 5.82 Å². The molecule has 0 saturated carbocycles. The van der Waals surface area contributed by atoms with Crippen molar-refractivity contribution in [3.05, 3.63) is 23.4 Å². The van der Waals surface area contributed by atoms with Crippen molar-refractivity contribution in [3.63, 3.8) is 0 Å². The summed E-state index contributed by atoms with van der Waals surface area (Å²) in [5.41, 5.74) is 13.4. The fraction of sp³-hybridized carbons (Fsp3) is 0.444. The third-order valence-corrected chi connectivity index (χ3v) is 1.99. The molecule has 12 heavy (non-hydrogen) atoms. The summed E-state index contributed by atoms with van der Waals surface area (Å²) < 4.78 is 0. The van der Waals surface area contributed by atoms with Gasteiger partial charge in [0, 0.05) is 11.7 Å². The molecule has 4 N–H and O–H groups in total. The van der Waals surface area contributed by atoms with Crippen LogP contribution < -0.4 is 11.5 Å². The molecule has 1 aromatic rings. The maximum atomic E-state index is 5.86. The molecule has 0 aromatic carbocycles. The number of pyridine rings is 1. The second-order valence-electron chi connectivity index (χ2n) is 2.93. The van der Waals surface area contributed by atoms with Crippen molar-refractivity contribution in [2.24, 2.45) is 5.73 Å². The average Bonchev–Trinajstić information content (AvgIpc) is 2.03. The van der Waals surface area contributed by atoms with Gasteiger partial charge in [-0.2, -0.15) is 0 Å². The first-order chi connectivity index (χ1) is 5.65. The molecule has 0 spiro atoms. The highest BCUT2D eigenvalue weighted by Crippen LogP contribution is 2.17. The van der Waals surface area contributed by atoms with Crippen LogP contribution in [-0.2, 0) is 0 Å². The normalized spacial score (nSPS) is 12.9. The molecule has 0 aliphatic heterocycles. The van der Waals surface area contributed by atoms with E-state index in [2.05, 4.69) is 11.9 Å². The van der Waals surface area contributed by atoms with Crippen molar-refractivity contribution < 1.29 is 0 Å². The van der Waals surface area contributed by atoms with Gasteiger partial charge in [-0.25, -0.2) is 4.98 Å². The van der Waals surface area contributed by atoms with Gasteiger partial charge in [0.1, 0.15) is 5.82 Å². The van der Waals surface area contributed by atoms with E-state index < -0.39 is 0 Å². The first kappa shape index (κ1) is 9.00. The third kappa shape index (κ3) is 1.74. The first-order valence-electron chi connectivity index (χ1n) is 4.13. The number of hydrogen-bond donors (Lipinski definition) is 2. The number of aromatic nitrogens is 1. The molecule has 0 fully saturated rings. The minimum Gasteiger partial charge on any atom is -0.384 e. The highest BCUT2D eigenvalue weighted by Gasteiger charge is 2.06. The molecular weight excluding hydrogens is 150 g/mol. The van der Waals surface area contributed by atoms with Crippen LogP contribution in [0.3, 0.4) is 0 Å². The summed E-state index contributed by atoms with van der Waals surface area (Å²) >= 11 is 0. The first-order valence-corrected chi connectivity index (χ1v) is 4.13. The molecular formula is C9H15N3. The fourth-order valence-electron chi connectivity index (χ4n) is 1.20. The van der Waals surface area contributed by atoms with E-state index in [-0.39, 0.29) is 6.04 Å². The highest BCUT2D eigenvalue weighted by molar-refractivity contribution is 5.34. The molecule has 3 nitrogen and oxygen atoms in total. The highest BCUT2D eigenvalue weighted by atomic mass is 14.8. The van der Waals surface area contributed by atoms with Crippen LogP contribution >= 0.6 is 0 Å². The maximum absolute atomic E-state index is 5.86. The minimum atomic E-state index is 0.0816. The van der Waals surface area contributed by atoms with Crippen molar-refractivity contribution in [2.75, 3.05) is 5.73 Å². The zero-order valence-corrected chi connectivity index (χ0v) is 7.54. The van der Waals surface area contributed by atoms with Crippen LogP contribution in [0, 0.1) is 6.92 Å². The predicted molar refractivity (Wildman–Crippen MR) is 50.6 cm³/mol. The monoisotopic (exact) mass is 165 g/mol. The molecule has 1 atom stereocenters. The Balaban J connectivity index is 3.01. The number of nitrogens with two attached hydrogens (primary N) is 2. The summed E-state index contributed by atoms with van der Waals surface area (Å²) in [5, 5.41) is 0. The molecule has 3 heteroatoms. The van der Waals surface area contributed by atoms with E-state index in [9.17, 15) is 0 Å². The number of rotatable bonds is 2. The fourth-order valence-corrected chi connectivity index (χ4v) is 1.20. The molecule has 0 aliphatic carbocycles. The van der Waals surface area contributed by atoms with Gasteiger partial charge >= 0.3 is 0 Å². The molecule has 0 amide bonds. The lowest BCUT2D eigenvalue weighted by atomic mass is 10.0. The van der Waals surface area contributed by atoms with Gasteiger partial charge in [0.25, 0.3) is 0 Å². The van der Waals surface area contributed by atoms with Crippen molar-refractivity contribution in [1.29, 1.82) is 0 Å².